The first kappa shape index (κ1) is 24.5. The van der Waals surface area contributed by atoms with Crippen LogP contribution in [0.1, 0.15) is 18.9 Å². The van der Waals surface area contributed by atoms with E-state index in [1.54, 1.807) is 34.4 Å². The highest BCUT2D eigenvalue weighted by Gasteiger charge is 2.22. The van der Waals surface area contributed by atoms with Crippen molar-refractivity contribution in [1.29, 1.82) is 0 Å². The average molecular weight is 563 g/mol. The van der Waals surface area contributed by atoms with Gasteiger partial charge in [0.25, 0.3) is 10.6 Å². The summed E-state index contributed by atoms with van der Waals surface area (Å²) in [6, 6.07) is 18.9. The van der Waals surface area contributed by atoms with Crippen LogP contribution < -0.4 is 24.2 Å². The Hall–Kier alpha value is -2.84. The van der Waals surface area contributed by atoms with Gasteiger partial charge in [0.15, 0.2) is 0 Å². The largest absolute Gasteiger partial charge is 0.338 e. The number of benzene rings is 3. The van der Waals surface area contributed by atoms with Gasteiger partial charge in [-0.15, -0.1) is 11.3 Å². The molecule has 3 aromatic carbocycles. The van der Waals surface area contributed by atoms with Crippen molar-refractivity contribution in [2.75, 3.05) is 11.9 Å². The van der Waals surface area contributed by atoms with Crippen LogP contribution in [-0.2, 0) is 13.1 Å². The van der Waals surface area contributed by atoms with Crippen LogP contribution in [-0.4, -0.2) is 11.6 Å². The Bertz CT molecular complexity index is 1900. The maximum Gasteiger partial charge on any atom is 0.269 e. The molecule has 8 heteroatoms. The fraction of sp³-hybridized carbons (Fsp3) is 0.172. The molecule has 0 atom stereocenters. The van der Waals surface area contributed by atoms with Crippen molar-refractivity contribution in [1.82, 2.24) is 4.57 Å². The maximum absolute atomic E-state index is 13.3. The first-order valence-electron chi connectivity index (χ1n) is 12.2. The summed E-state index contributed by atoms with van der Waals surface area (Å²) in [4.78, 5) is 16.6. The number of aromatic nitrogens is 2. The number of rotatable bonds is 4. The second kappa shape index (κ2) is 9.80. The van der Waals surface area contributed by atoms with Crippen LogP contribution in [0.4, 0.5) is 5.69 Å². The number of thiazole rings is 2. The molecule has 0 spiro atoms. The van der Waals surface area contributed by atoms with E-state index in [1.165, 1.54) is 25.9 Å². The molecule has 1 aliphatic heterocycles. The number of allylic oxidation sites excluding steroid dienone is 1. The summed E-state index contributed by atoms with van der Waals surface area (Å²) in [5.41, 5.74) is 2.37. The molecular formula is C29H25ClN3OS3+. The number of fused-ring (bicyclic) bond motifs is 4. The van der Waals surface area contributed by atoms with E-state index in [2.05, 4.69) is 58.9 Å². The highest BCUT2D eigenvalue weighted by molar-refractivity contribution is 8.03. The molecule has 4 nitrogen and oxygen atoms in total. The number of hydrogen-bond acceptors (Lipinski definition) is 5. The lowest BCUT2D eigenvalue weighted by molar-refractivity contribution is -0.665. The van der Waals surface area contributed by atoms with E-state index < -0.39 is 0 Å². The summed E-state index contributed by atoms with van der Waals surface area (Å²) in [5, 5.41) is 5.46. The number of anilines is 1. The third-order valence-electron chi connectivity index (χ3n) is 6.64. The summed E-state index contributed by atoms with van der Waals surface area (Å²) < 4.78 is 7.20. The Balaban J connectivity index is 1.47. The third kappa shape index (κ3) is 4.24. The third-order valence-corrected chi connectivity index (χ3v) is 10.3. The van der Waals surface area contributed by atoms with Gasteiger partial charge in [-0.05, 0) is 55.7 Å². The van der Waals surface area contributed by atoms with Crippen LogP contribution in [0.5, 0.6) is 0 Å². The van der Waals surface area contributed by atoms with Gasteiger partial charge in [-0.1, -0.05) is 59.0 Å². The molecule has 186 valence electrons. The number of hydrogen-bond donors (Lipinski definition) is 0. The molecule has 37 heavy (non-hydrogen) atoms. The Morgan fingerprint density at radius 1 is 1.03 bits per heavy atom. The molecule has 2 aromatic heterocycles. The fourth-order valence-corrected chi connectivity index (χ4v) is 8.38. The van der Waals surface area contributed by atoms with E-state index >= 15 is 0 Å². The van der Waals surface area contributed by atoms with Crippen molar-refractivity contribution < 1.29 is 4.57 Å². The highest BCUT2D eigenvalue weighted by atomic mass is 35.5. The molecule has 5 aromatic rings. The lowest BCUT2D eigenvalue weighted by atomic mass is 10.1. The second-order valence-electron chi connectivity index (χ2n) is 8.76. The molecule has 0 fully saturated rings. The van der Waals surface area contributed by atoms with Crippen molar-refractivity contribution in [2.45, 2.75) is 31.8 Å². The number of aryl methyl sites for hydroxylation is 1. The molecule has 0 unspecified atom stereocenters. The average Bonchev–Trinajstić information content (AvgIpc) is 3.53. The summed E-state index contributed by atoms with van der Waals surface area (Å²) in [7, 11) is 2.03. The molecule has 0 saturated carbocycles. The summed E-state index contributed by atoms with van der Waals surface area (Å²) in [5.74, 6) is 0. The zero-order valence-electron chi connectivity index (χ0n) is 20.7. The zero-order valence-corrected chi connectivity index (χ0v) is 23.9. The lowest BCUT2D eigenvalue weighted by Gasteiger charge is -2.12. The summed E-state index contributed by atoms with van der Waals surface area (Å²) in [6.45, 7) is 5.70. The van der Waals surface area contributed by atoms with Crippen molar-refractivity contribution in [2.24, 2.45) is 0 Å². The zero-order chi connectivity index (χ0) is 25.7. The first-order chi connectivity index (χ1) is 18.0. The minimum absolute atomic E-state index is 0.0522. The number of halogens is 1. The topological polar surface area (TPSA) is 29.1 Å². The summed E-state index contributed by atoms with van der Waals surface area (Å²) >= 11 is 11.2. The van der Waals surface area contributed by atoms with E-state index in [4.69, 9.17) is 11.6 Å². The van der Waals surface area contributed by atoms with Crippen molar-refractivity contribution >= 4 is 84.9 Å². The Kier molecular flexibility index (Phi) is 6.49. The van der Waals surface area contributed by atoms with Crippen LogP contribution in [0.3, 0.4) is 0 Å². The maximum atomic E-state index is 13.3. The van der Waals surface area contributed by atoms with E-state index in [9.17, 15) is 4.79 Å². The molecule has 0 amide bonds. The van der Waals surface area contributed by atoms with Crippen LogP contribution >= 0.6 is 46.0 Å². The molecular weight excluding hydrogens is 538 g/mol. The molecule has 1 aliphatic rings. The van der Waals surface area contributed by atoms with Gasteiger partial charge in [0, 0.05) is 35.0 Å². The number of nitrogens with zero attached hydrogens (tertiary/aromatic N) is 3. The molecule has 0 saturated heterocycles. The van der Waals surface area contributed by atoms with Gasteiger partial charge >= 0.3 is 0 Å². The van der Waals surface area contributed by atoms with Crippen LogP contribution in [0.15, 0.2) is 75.4 Å². The Morgan fingerprint density at radius 3 is 2.68 bits per heavy atom. The lowest BCUT2D eigenvalue weighted by Crippen LogP contribution is -2.35. The Morgan fingerprint density at radius 2 is 1.86 bits per heavy atom. The second-order valence-corrected chi connectivity index (χ2v) is 12.4. The molecule has 0 bridgehead atoms. The van der Waals surface area contributed by atoms with Crippen molar-refractivity contribution in [3.63, 3.8) is 0 Å². The highest BCUT2D eigenvalue weighted by Crippen LogP contribution is 2.45. The standard InChI is InChI=1S/C29H25ClN3OS3/c1-4-32-21-12-10-18-8-6-7-9-20(18)28(21)37-26(32)17-27-33(5-2)29(34)24(36-27)14-15-25-31(3)22-16-19(30)11-13-23(22)35-25/h6-17H,4-5H2,1-3H3/q+1. The van der Waals surface area contributed by atoms with E-state index in [1.807, 2.05) is 48.9 Å². The minimum atomic E-state index is 0.0522. The van der Waals surface area contributed by atoms with Gasteiger partial charge < -0.3 is 4.90 Å². The molecule has 6 rings (SSSR count). The SMILES string of the molecule is CCn1c(=Cc2sc3c4ccccc4ccc3[n+]2CC)sc(=CC=C2Sc3ccc(Cl)cc3N2C)c1=O. The molecule has 0 aliphatic carbocycles. The monoisotopic (exact) mass is 562 g/mol. The molecule has 0 N–H and O–H groups in total. The van der Waals surface area contributed by atoms with Crippen LogP contribution in [0, 0.1) is 0 Å². The molecule has 0 radical (unpaired) electrons. The quantitative estimate of drug-likeness (QED) is 0.253. The van der Waals surface area contributed by atoms with E-state index in [0.717, 1.165) is 36.5 Å². The van der Waals surface area contributed by atoms with E-state index in [-0.39, 0.29) is 5.56 Å². The summed E-state index contributed by atoms with van der Waals surface area (Å²) in [6.07, 6.45) is 6.17. The molecule has 3 heterocycles. The van der Waals surface area contributed by atoms with Gasteiger partial charge in [0.2, 0.25) is 5.52 Å². The predicted molar refractivity (Wildman–Crippen MR) is 161 cm³/mol. The fourth-order valence-electron chi connectivity index (χ4n) is 4.76. The van der Waals surface area contributed by atoms with E-state index in [0.29, 0.717) is 6.54 Å². The predicted octanol–water partition coefficient (Wildman–Crippen LogP) is 5.95. The first-order valence-corrected chi connectivity index (χ1v) is 15.0. The smallest absolute Gasteiger partial charge is 0.269 e. The minimum Gasteiger partial charge on any atom is -0.338 e. The van der Waals surface area contributed by atoms with Gasteiger partial charge in [-0.2, -0.15) is 4.57 Å². The number of thioether (sulfide) groups is 1. The van der Waals surface area contributed by atoms with Crippen LogP contribution in [0.25, 0.3) is 33.1 Å². The Labute approximate surface area is 232 Å². The van der Waals surface area contributed by atoms with Crippen LogP contribution in [0.2, 0.25) is 5.02 Å². The van der Waals surface area contributed by atoms with Gasteiger partial charge in [0.05, 0.1) is 21.3 Å². The van der Waals surface area contributed by atoms with Crippen molar-refractivity contribution in [3.8, 4) is 0 Å². The van der Waals surface area contributed by atoms with Crippen molar-refractivity contribution in [3.05, 3.63) is 95.3 Å². The van der Waals surface area contributed by atoms with Gasteiger partial charge in [0.1, 0.15) is 15.9 Å². The van der Waals surface area contributed by atoms with Gasteiger partial charge in [-0.25, -0.2) is 0 Å². The van der Waals surface area contributed by atoms with Gasteiger partial charge in [-0.3, -0.25) is 9.36 Å². The normalized spacial score (nSPS) is 15.6.